The molecule has 2 aromatic heterocycles. The van der Waals surface area contributed by atoms with Gasteiger partial charge in [-0.05, 0) is 47.9 Å². The van der Waals surface area contributed by atoms with E-state index in [1.807, 2.05) is 41.9 Å². The predicted octanol–water partition coefficient (Wildman–Crippen LogP) is 2.34. The predicted molar refractivity (Wildman–Crippen MR) is 90.0 cm³/mol. The minimum Gasteiger partial charge on any atom is -0.309 e. The molecule has 0 aliphatic rings. The van der Waals surface area contributed by atoms with Crippen LogP contribution < -0.4 is 5.32 Å². The Bertz CT molecular complexity index is 945. The molecule has 0 saturated heterocycles. The zero-order valence-electron chi connectivity index (χ0n) is 13.2. The number of nitrogens with one attached hydrogen (secondary N) is 1. The van der Waals surface area contributed by atoms with E-state index in [-0.39, 0.29) is 0 Å². The summed E-state index contributed by atoms with van der Waals surface area (Å²) in [6.07, 6.45) is 4.95. The van der Waals surface area contributed by atoms with Crippen LogP contribution in [0.4, 0.5) is 0 Å². The molecule has 2 heterocycles. The summed E-state index contributed by atoms with van der Waals surface area (Å²) in [7, 11) is -3.16. The van der Waals surface area contributed by atoms with Gasteiger partial charge in [0.2, 0.25) is 0 Å². The third-order valence-electron chi connectivity index (χ3n) is 3.76. The molecular weight excluding hydrogens is 310 g/mol. The van der Waals surface area contributed by atoms with Crippen molar-refractivity contribution in [3.63, 3.8) is 0 Å². The van der Waals surface area contributed by atoms with Crippen LogP contribution in [-0.2, 0) is 22.9 Å². The van der Waals surface area contributed by atoms with Crippen LogP contribution in [0.25, 0.3) is 5.52 Å². The zero-order chi connectivity index (χ0) is 16.4. The highest BCUT2D eigenvalue weighted by Crippen LogP contribution is 2.16. The Balaban J connectivity index is 1.65. The van der Waals surface area contributed by atoms with Crippen LogP contribution in [0, 0.1) is 6.92 Å². The molecule has 23 heavy (non-hydrogen) atoms. The van der Waals surface area contributed by atoms with E-state index in [2.05, 4.69) is 16.5 Å². The Hall–Kier alpha value is -2.18. The SMILES string of the molecule is Cc1cc(CNCc2ccn3nccc3c2)ccc1S(C)(=O)=O. The average Bonchev–Trinajstić information content (AvgIpc) is 2.93. The third kappa shape index (κ3) is 3.60. The van der Waals surface area contributed by atoms with Gasteiger partial charge in [0.15, 0.2) is 9.84 Å². The van der Waals surface area contributed by atoms with Crippen molar-refractivity contribution in [3.8, 4) is 0 Å². The van der Waals surface area contributed by atoms with E-state index >= 15 is 0 Å². The second-order valence-corrected chi connectivity index (χ2v) is 7.70. The van der Waals surface area contributed by atoms with E-state index in [9.17, 15) is 8.42 Å². The molecule has 1 N–H and O–H groups in total. The summed E-state index contributed by atoms with van der Waals surface area (Å²) in [5, 5.41) is 7.55. The van der Waals surface area contributed by atoms with Gasteiger partial charge in [-0.25, -0.2) is 12.9 Å². The summed E-state index contributed by atoms with van der Waals surface area (Å²) in [6.45, 7) is 3.26. The molecule has 0 bridgehead atoms. The number of nitrogens with zero attached hydrogens (tertiary/aromatic N) is 2. The van der Waals surface area contributed by atoms with Crippen molar-refractivity contribution in [1.29, 1.82) is 0 Å². The lowest BCUT2D eigenvalue weighted by atomic mass is 10.1. The Labute approximate surface area is 135 Å². The number of aromatic nitrogens is 2. The van der Waals surface area contributed by atoms with E-state index < -0.39 is 9.84 Å². The smallest absolute Gasteiger partial charge is 0.175 e. The summed E-state index contributed by atoms with van der Waals surface area (Å²) in [6, 6.07) is 11.6. The molecule has 0 aliphatic carbocycles. The van der Waals surface area contributed by atoms with E-state index in [4.69, 9.17) is 0 Å². The Morgan fingerprint density at radius 2 is 1.83 bits per heavy atom. The van der Waals surface area contributed by atoms with Crippen molar-refractivity contribution in [2.24, 2.45) is 0 Å². The molecule has 6 heteroatoms. The minimum absolute atomic E-state index is 0.396. The van der Waals surface area contributed by atoms with Crippen molar-refractivity contribution in [2.75, 3.05) is 6.26 Å². The van der Waals surface area contributed by atoms with Gasteiger partial charge in [0.1, 0.15) is 0 Å². The zero-order valence-corrected chi connectivity index (χ0v) is 14.0. The van der Waals surface area contributed by atoms with Crippen LogP contribution in [0.1, 0.15) is 16.7 Å². The first-order chi connectivity index (χ1) is 10.9. The number of hydrogen-bond donors (Lipinski definition) is 1. The quantitative estimate of drug-likeness (QED) is 0.780. The van der Waals surface area contributed by atoms with Gasteiger partial charge in [0.05, 0.1) is 10.4 Å². The number of fused-ring (bicyclic) bond motifs is 1. The Morgan fingerprint density at radius 3 is 2.52 bits per heavy atom. The summed E-state index contributed by atoms with van der Waals surface area (Å²) < 4.78 is 25.1. The molecule has 0 amide bonds. The number of hydrogen-bond acceptors (Lipinski definition) is 4. The van der Waals surface area contributed by atoms with Gasteiger partial charge in [-0.1, -0.05) is 12.1 Å². The highest BCUT2D eigenvalue weighted by Gasteiger charge is 2.10. The van der Waals surface area contributed by atoms with Gasteiger partial charge in [0, 0.05) is 31.7 Å². The maximum absolute atomic E-state index is 11.6. The van der Waals surface area contributed by atoms with E-state index in [0.29, 0.717) is 11.4 Å². The summed E-state index contributed by atoms with van der Waals surface area (Å²) in [5.74, 6) is 0. The molecule has 0 saturated carbocycles. The molecule has 1 aromatic carbocycles. The molecule has 120 valence electrons. The molecule has 0 radical (unpaired) electrons. The fourth-order valence-corrected chi connectivity index (χ4v) is 3.63. The summed E-state index contributed by atoms with van der Waals surface area (Å²) >= 11 is 0. The van der Waals surface area contributed by atoms with E-state index in [1.165, 1.54) is 11.8 Å². The lowest BCUT2D eigenvalue weighted by Crippen LogP contribution is -2.13. The van der Waals surface area contributed by atoms with Crippen molar-refractivity contribution < 1.29 is 8.42 Å². The number of pyridine rings is 1. The van der Waals surface area contributed by atoms with Crippen molar-refractivity contribution >= 4 is 15.4 Å². The van der Waals surface area contributed by atoms with Crippen LogP contribution in [-0.4, -0.2) is 24.3 Å². The fraction of sp³-hybridized carbons (Fsp3) is 0.235. The lowest BCUT2D eigenvalue weighted by Gasteiger charge is -2.09. The van der Waals surface area contributed by atoms with Crippen LogP contribution >= 0.6 is 0 Å². The average molecular weight is 329 g/mol. The number of aryl methyl sites for hydroxylation is 1. The van der Waals surface area contributed by atoms with Crippen LogP contribution in [0.3, 0.4) is 0 Å². The first-order valence-corrected chi connectivity index (χ1v) is 9.25. The molecule has 0 spiro atoms. The largest absolute Gasteiger partial charge is 0.309 e. The van der Waals surface area contributed by atoms with Crippen molar-refractivity contribution in [2.45, 2.75) is 24.9 Å². The first kappa shape index (κ1) is 15.7. The molecule has 0 atom stereocenters. The Kier molecular flexibility index (Phi) is 4.19. The van der Waals surface area contributed by atoms with Gasteiger partial charge in [-0.2, -0.15) is 5.10 Å². The van der Waals surface area contributed by atoms with Crippen LogP contribution in [0.2, 0.25) is 0 Å². The Morgan fingerprint density at radius 1 is 1.09 bits per heavy atom. The molecule has 5 nitrogen and oxygen atoms in total. The van der Waals surface area contributed by atoms with Crippen LogP contribution in [0.15, 0.2) is 53.7 Å². The summed E-state index contributed by atoms with van der Waals surface area (Å²) in [5.41, 5.74) is 4.10. The maximum atomic E-state index is 11.6. The normalized spacial score (nSPS) is 11.9. The number of sulfone groups is 1. The molecule has 0 fully saturated rings. The van der Waals surface area contributed by atoms with Gasteiger partial charge >= 0.3 is 0 Å². The number of benzene rings is 1. The van der Waals surface area contributed by atoms with Gasteiger partial charge in [-0.3, -0.25) is 0 Å². The molecule has 3 rings (SSSR count). The van der Waals surface area contributed by atoms with Gasteiger partial charge in [-0.15, -0.1) is 0 Å². The standard InChI is InChI=1S/C17H19N3O2S/c1-13-9-14(3-4-17(13)23(2,21)22)11-18-12-15-6-8-20-16(10-15)5-7-19-20/h3-10,18H,11-12H2,1-2H3. The molecular formula is C17H19N3O2S. The topological polar surface area (TPSA) is 63.5 Å². The second-order valence-electron chi connectivity index (χ2n) is 5.71. The minimum atomic E-state index is -3.16. The number of rotatable bonds is 5. The highest BCUT2D eigenvalue weighted by molar-refractivity contribution is 7.90. The first-order valence-electron chi connectivity index (χ1n) is 7.36. The molecule has 0 unspecified atom stereocenters. The maximum Gasteiger partial charge on any atom is 0.175 e. The monoisotopic (exact) mass is 329 g/mol. The third-order valence-corrected chi connectivity index (χ3v) is 5.02. The van der Waals surface area contributed by atoms with Crippen molar-refractivity contribution in [3.05, 3.63) is 65.5 Å². The van der Waals surface area contributed by atoms with E-state index in [0.717, 1.165) is 23.2 Å². The van der Waals surface area contributed by atoms with Gasteiger partial charge < -0.3 is 5.32 Å². The van der Waals surface area contributed by atoms with Gasteiger partial charge in [0.25, 0.3) is 0 Å². The van der Waals surface area contributed by atoms with Crippen molar-refractivity contribution in [1.82, 2.24) is 14.9 Å². The lowest BCUT2D eigenvalue weighted by molar-refractivity contribution is 0.601. The van der Waals surface area contributed by atoms with Crippen LogP contribution in [0.5, 0.6) is 0 Å². The fourth-order valence-electron chi connectivity index (χ4n) is 2.67. The molecule has 0 aliphatic heterocycles. The highest BCUT2D eigenvalue weighted by atomic mass is 32.2. The second kappa shape index (κ2) is 6.14. The van der Waals surface area contributed by atoms with E-state index in [1.54, 1.807) is 12.3 Å². The summed E-state index contributed by atoms with van der Waals surface area (Å²) in [4.78, 5) is 0.396. The molecule has 3 aromatic rings.